The summed E-state index contributed by atoms with van der Waals surface area (Å²) in [7, 11) is 0. The van der Waals surface area contributed by atoms with Crippen molar-refractivity contribution in [3.63, 3.8) is 0 Å². The molecule has 0 aromatic carbocycles. The summed E-state index contributed by atoms with van der Waals surface area (Å²) in [5.74, 6) is 0.797. The van der Waals surface area contributed by atoms with E-state index < -0.39 is 0 Å². The molecule has 0 spiro atoms. The number of imidazole rings is 1. The Bertz CT molecular complexity index is 1100. The number of carbonyl (C=O) groups is 1. The van der Waals surface area contributed by atoms with E-state index in [1.807, 2.05) is 24.7 Å². The summed E-state index contributed by atoms with van der Waals surface area (Å²) < 4.78 is 2.19. The van der Waals surface area contributed by atoms with Gasteiger partial charge < -0.3 is 9.88 Å². The Morgan fingerprint density at radius 3 is 2.82 bits per heavy atom. The van der Waals surface area contributed by atoms with Crippen LogP contribution in [0.2, 0.25) is 10.0 Å². The average molecular weight is 501 g/mol. The highest BCUT2D eigenvalue weighted by molar-refractivity contribution is 6.39. The number of pyridine rings is 2. The molecular weight excluding hydrogens is 471 g/mol. The van der Waals surface area contributed by atoms with E-state index in [1.54, 1.807) is 0 Å². The third-order valence-electron chi connectivity index (χ3n) is 6.33. The van der Waals surface area contributed by atoms with Gasteiger partial charge in [0, 0.05) is 44.1 Å². The van der Waals surface area contributed by atoms with Gasteiger partial charge in [-0.25, -0.2) is 4.98 Å². The summed E-state index contributed by atoms with van der Waals surface area (Å²) in [6.07, 6.45) is 13.8. The molecule has 7 nitrogen and oxygen atoms in total. The van der Waals surface area contributed by atoms with Crippen LogP contribution < -0.4 is 5.32 Å². The quantitative estimate of drug-likeness (QED) is 0.392. The van der Waals surface area contributed by atoms with Crippen LogP contribution in [0.25, 0.3) is 0 Å². The van der Waals surface area contributed by atoms with Gasteiger partial charge >= 0.3 is 0 Å². The molecule has 0 saturated heterocycles. The van der Waals surface area contributed by atoms with Crippen LogP contribution in [0.15, 0.2) is 43.1 Å². The third kappa shape index (κ3) is 5.77. The standard InChI is InChI=1S/C25H30Cl2N6O/c1-2-32-14-12-29-22(32)17-33(21-9-5-7-18-8-6-11-30-24(18)21)13-4-3-10-31-25(34)23-19(26)15-28-16-20(23)27/h6,8,11-12,14-16,21H,2-5,7,9-10,13,17H2,1H3,(H,31,34)/t21-/m0/s1. The molecule has 4 rings (SSSR count). The number of amides is 1. The van der Waals surface area contributed by atoms with E-state index in [1.165, 1.54) is 23.7 Å². The summed E-state index contributed by atoms with van der Waals surface area (Å²) in [4.78, 5) is 28.3. The van der Waals surface area contributed by atoms with Crippen molar-refractivity contribution >= 4 is 29.1 Å². The highest BCUT2D eigenvalue weighted by Gasteiger charge is 2.27. The maximum Gasteiger partial charge on any atom is 0.254 e. The Kier molecular flexibility index (Phi) is 8.53. The number of nitrogens with zero attached hydrogens (tertiary/aromatic N) is 5. The zero-order valence-electron chi connectivity index (χ0n) is 19.4. The monoisotopic (exact) mass is 500 g/mol. The third-order valence-corrected chi connectivity index (χ3v) is 6.90. The van der Waals surface area contributed by atoms with Crippen molar-refractivity contribution in [2.24, 2.45) is 0 Å². The Hall–Kier alpha value is -2.48. The SMILES string of the molecule is CCn1ccnc1CN(CCCCNC(=O)c1c(Cl)cncc1Cl)[C@H]1CCCc2cccnc21. The number of hydrogen-bond donors (Lipinski definition) is 1. The van der Waals surface area contributed by atoms with Gasteiger partial charge in [-0.3, -0.25) is 19.7 Å². The van der Waals surface area contributed by atoms with Gasteiger partial charge in [-0.2, -0.15) is 0 Å². The average Bonchev–Trinajstić information content (AvgIpc) is 3.30. The lowest BCUT2D eigenvalue weighted by molar-refractivity contribution is 0.0952. The second kappa shape index (κ2) is 11.8. The van der Waals surface area contributed by atoms with Crippen LogP contribution in [-0.4, -0.2) is 43.4 Å². The van der Waals surface area contributed by atoms with Gasteiger partial charge in [0.1, 0.15) is 5.82 Å². The minimum absolute atomic E-state index is 0.256. The molecule has 0 saturated carbocycles. The van der Waals surface area contributed by atoms with Crippen LogP contribution >= 0.6 is 23.2 Å². The lowest BCUT2D eigenvalue weighted by atomic mass is 9.90. The van der Waals surface area contributed by atoms with Gasteiger partial charge in [0.05, 0.1) is 33.9 Å². The zero-order chi connectivity index (χ0) is 23.9. The number of aromatic nitrogens is 4. The maximum atomic E-state index is 12.5. The number of carbonyl (C=O) groups excluding carboxylic acids is 1. The van der Waals surface area contributed by atoms with Crippen molar-refractivity contribution in [3.05, 3.63) is 75.8 Å². The van der Waals surface area contributed by atoms with E-state index in [0.29, 0.717) is 6.54 Å². The van der Waals surface area contributed by atoms with E-state index in [-0.39, 0.29) is 27.6 Å². The molecular formula is C25H30Cl2N6O. The number of nitrogens with one attached hydrogen (secondary N) is 1. The fourth-order valence-electron chi connectivity index (χ4n) is 4.61. The minimum Gasteiger partial charge on any atom is -0.352 e. The number of rotatable bonds is 10. The van der Waals surface area contributed by atoms with Crippen molar-refractivity contribution in [1.29, 1.82) is 0 Å². The van der Waals surface area contributed by atoms with Crippen molar-refractivity contribution in [2.45, 2.75) is 58.2 Å². The Morgan fingerprint density at radius 1 is 1.21 bits per heavy atom. The second-order valence-electron chi connectivity index (χ2n) is 8.50. The Labute approximate surface area is 210 Å². The molecule has 3 aromatic rings. The minimum atomic E-state index is -0.273. The predicted octanol–water partition coefficient (Wildman–Crippen LogP) is 5.09. The highest BCUT2D eigenvalue weighted by atomic mass is 35.5. The van der Waals surface area contributed by atoms with Gasteiger partial charge in [0.25, 0.3) is 5.91 Å². The fraction of sp³-hybridized carbons (Fsp3) is 0.440. The summed E-state index contributed by atoms with van der Waals surface area (Å²) >= 11 is 12.2. The molecule has 3 heterocycles. The Balaban J connectivity index is 1.39. The Morgan fingerprint density at radius 2 is 2.03 bits per heavy atom. The molecule has 0 aliphatic heterocycles. The van der Waals surface area contributed by atoms with Gasteiger partial charge in [-0.05, 0) is 57.2 Å². The van der Waals surface area contributed by atoms with E-state index in [2.05, 4.69) is 37.7 Å². The molecule has 34 heavy (non-hydrogen) atoms. The molecule has 3 aromatic heterocycles. The van der Waals surface area contributed by atoms with Gasteiger partial charge in [0.2, 0.25) is 0 Å². The van der Waals surface area contributed by atoms with E-state index in [4.69, 9.17) is 28.2 Å². The number of fused-ring (bicyclic) bond motifs is 1. The first-order valence-corrected chi connectivity index (χ1v) is 12.6. The van der Waals surface area contributed by atoms with E-state index in [0.717, 1.165) is 57.6 Å². The van der Waals surface area contributed by atoms with Crippen LogP contribution in [0.4, 0.5) is 0 Å². The van der Waals surface area contributed by atoms with Crippen LogP contribution in [0.5, 0.6) is 0 Å². The molecule has 0 radical (unpaired) electrons. The molecule has 0 unspecified atom stereocenters. The predicted molar refractivity (Wildman–Crippen MR) is 134 cm³/mol. The van der Waals surface area contributed by atoms with E-state index in [9.17, 15) is 4.79 Å². The summed E-state index contributed by atoms with van der Waals surface area (Å²) in [5, 5.41) is 3.44. The first-order chi connectivity index (χ1) is 16.6. The number of hydrogen-bond acceptors (Lipinski definition) is 5. The maximum absolute atomic E-state index is 12.5. The largest absolute Gasteiger partial charge is 0.352 e. The van der Waals surface area contributed by atoms with E-state index >= 15 is 0 Å². The number of halogens is 2. The molecule has 1 amide bonds. The molecule has 1 aliphatic carbocycles. The van der Waals surface area contributed by atoms with Gasteiger partial charge in [-0.1, -0.05) is 29.3 Å². The zero-order valence-corrected chi connectivity index (χ0v) is 20.9. The molecule has 9 heteroatoms. The van der Waals surface area contributed by atoms with Crippen molar-refractivity contribution < 1.29 is 4.79 Å². The van der Waals surface area contributed by atoms with Crippen molar-refractivity contribution in [3.8, 4) is 0 Å². The molecule has 0 bridgehead atoms. The van der Waals surface area contributed by atoms with Crippen LogP contribution in [-0.2, 0) is 19.5 Å². The summed E-state index contributed by atoms with van der Waals surface area (Å²) in [6.45, 7) is 5.25. The lowest BCUT2D eigenvalue weighted by Gasteiger charge is -2.35. The normalized spacial score (nSPS) is 15.4. The molecule has 1 N–H and O–H groups in total. The highest BCUT2D eigenvalue weighted by Crippen LogP contribution is 2.33. The number of aryl methyl sites for hydroxylation is 2. The van der Waals surface area contributed by atoms with Crippen molar-refractivity contribution in [2.75, 3.05) is 13.1 Å². The molecule has 180 valence electrons. The van der Waals surface area contributed by atoms with Crippen LogP contribution in [0, 0.1) is 0 Å². The second-order valence-corrected chi connectivity index (χ2v) is 9.31. The first-order valence-electron chi connectivity index (χ1n) is 11.8. The van der Waals surface area contributed by atoms with Crippen LogP contribution in [0.3, 0.4) is 0 Å². The fourth-order valence-corrected chi connectivity index (χ4v) is 5.14. The number of unbranched alkanes of at least 4 members (excludes halogenated alkanes) is 1. The molecule has 1 atom stereocenters. The van der Waals surface area contributed by atoms with Gasteiger partial charge in [0.15, 0.2) is 0 Å². The molecule has 0 fully saturated rings. The molecule has 1 aliphatic rings. The van der Waals surface area contributed by atoms with Crippen molar-refractivity contribution in [1.82, 2.24) is 29.7 Å². The smallest absolute Gasteiger partial charge is 0.254 e. The first kappa shape index (κ1) is 24.6. The summed E-state index contributed by atoms with van der Waals surface area (Å²) in [5.41, 5.74) is 2.82. The topological polar surface area (TPSA) is 75.9 Å². The lowest BCUT2D eigenvalue weighted by Crippen LogP contribution is -2.34. The summed E-state index contributed by atoms with van der Waals surface area (Å²) in [6, 6.07) is 4.50. The van der Waals surface area contributed by atoms with Gasteiger partial charge in [-0.15, -0.1) is 0 Å². The van der Waals surface area contributed by atoms with Crippen LogP contribution in [0.1, 0.15) is 66.1 Å².